The van der Waals surface area contributed by atoms with Crippen molar-refractivity contribution in [1.29, 1.82) is 0 Å². The van der Waals surface area contributed by atoms with Gasteiger partial charge < -0.3 is 19.3 Å². The predicted octanol–water partition coefficient (Wildman–Crippen LogP) is 1.71. The summed E-state index contributed by atoms with van der Waals surface area (Å²) in [6, 6.07) is 2.15. The molecular formula is C17H26N4O2. The summed E-state index contributed by atoms with van der Waals surface area (Å²) >= 11 is 0. The fourth-order valence-corrected chi connectivity index (χ4v) is 3.95. The van der Waals surface area contributed by atoms with Crippen LogP contribution >= 0.6 is 0 Å². The second-order valence-electron chi connectivity index (χ2n) is 7.18. The third-order valence-electron chi connectivity index (χ3n) is 5.26. The van der Waals surface area contributed by atoms with Crippen LogP contribution in [-0.2, 0) is 9.47 Å². The first-order chi connectivity index (χ1) is 11.2. The zero-order valence-corrected chi connectivity index (χ0v) is 13.9. The van der Waals surface area contributed by atoms with Gasteiger partial charge in [0.1, 0.15) is 23.6 Å². The average Bonchev–Trinajstić information content (AvgIpc) is 3.03. The SMILES string of the molecule is CC1CCCN(c2cc(N3CCOC4(CCOC4)C3)ncn2)C1. The maximum atomic E-state index is 6.02. The van der Waals surface area contributed by atoms with E-state index in [0.29, 0.717) is 6.61 Å². The van der Waals surface area contributed by atoms with Crippen LogP contribution in [0.3, 0.4) is 0 Å². The molecule has 3 saturated heterocycles. The van der Waals surface area contributed by atoms with Crippen molar-refractivity contribution in [2.45, 2.75) is 31.8 Å². The lowest BCUT2D eigenvalue weighted by atomic mass is 10.00. The number of ether oxygens (including phenoxy) is 2. The topological polar surface area (TPSA) is 50.7 Å². The molecule has 1 spiro atoms. The van der Waals surface area contributed by atoms with Gasteiger partial charge in [-0.05, 0) is 18.8 Å². The Balaban J connectivity index is 1.51. The van der Waals surface area contributed by atoms with Gasteiger partial charge in [-0.2, -0.15) is 0 Å². The highest BCUT2D eigenvalue weighted by atomic mass is 16.6. The fraction of sp³-hybridized carbons (Fsp3) is 0.765. The molecule has 3 aliphatic rings. The van der Waals surface area contributed by atoms with Gasteiger partial charge in [0.2, 0.25) is 0 Å². The third kappa shape index (κ3) is 3.15. The number of rotatable bonds is 2. The monoisotopic (exact) mass is 318 g/mol. The molecule has 0 aromatic carbocycles. The molecule has 126 valence electrons. The Morgan fingerprint density at radius 3 is 2.83 bits per heavy atom. The minimum atomic E-state index is -0.136. The summed E-state index contributed by atoms with van der Waals surface area (Å²) in [5.41, 5.74) is -0.136. The van der Waals surface area contributed by atoms with Crippen molar-refractivity contribution in [2.75, 3.05) is 55.8 Å². The molecule has 0 radical (unpaired) electrons. The summed E-state index contributed by atoms with van der Waals surface area (Å²) in [7, 11) is 0. The standard InChI is InChI=1S/C17H26N4O2/c1-14-3-2-5-20(10-14)15-9-16(19-13-18-15)21-6-8-23-17(11-21)4-7-22-12-17/h9,13-14H,2-8,10-12H2,1H3. The number of aromatic nitrogens is 2. The molecule has 4 heterocycles. The lowest BCUT2D eigenvalue weighted by molar-refractivity contribution is -0.0581. The van der Waals surface area contributed by atoms with Gasteiger partial charge in [-0.3, -0.25) is 0 Å². The van der Waals surface area contributed by atoms with E-state index in [0.717, 1.165) is 63.4 Å². The zero-order valence-electron chi connectivity index (χ0n) is 13.9. The lowest BCUT2D eigenvalue weighted by Crippen LogP contribution is -2.52. The second-order valence-corrected chi connectivity index (χ2v) is 7.18. The maximum absolute atomic E-state index is 6.02. The van der Waals surface area contributed by atoms with Gasteiger partial charge in [0.15, 0.2) is 0 Å². The highest BCUT2D eigenvalue weighted by Crippen LogP contribution is 2.30. The van der Waals surface area contributed by atoms with Crippen LogP contribution in [0.5, 0.6) is 0 Å². The maximum Gasteiger partial charge on any atom is 0.134 e. The number of hydrogen-bond donors (Lipinski definition) is 0. The van der Waals surface area contributed by atoms with Crippen LogP contribution in [0.15, 0.2) is 12.4 Å². The molecule has 3 fully saturated rings. The van der Waals surface area contributed by atoms with Crippen molar-refractivity contribution in [3.63, 3.8) is 0 Å². The number of nitrogens with zero attached hydrogens (tertiary/aromatic N) is 4. The number of anilines is 2. The van der Waals surface area contributed by atoms with Gasteiger partial charge in [-0.1, -0.05) is 6.92 Å². The average molecular weight is 318 g/mol. The molecule has 0 amide bonds. The van der Waals surface area contributed by atoms with Crippen molar-refractivity contribution in [3.05, 3.63) is 12.4 Å². The van der Waals surface area contributed by atoms with E-state index in [4.69, 9.17) is 9.47 Å². The van der Waals surface area contributed by atoms with Crippen LogP contribution in [0.1, 0.15) is 26.2 Å². The molecule has 6 heteroatoms. The van der Waals surface area contributed by atoms with Gasteiger partial charge in [-0.15, -0.1) is 0 Å². The number of morpholine rings is 1. The summed E-state index contributed by atoms with van der Waals surface area (Å²) in [5, 5.41) is 0. The van der Waals surface area contributed by atoms with E-state index in [1.54, 1.807) is 6.33 Å². The van der Waals surface area contributed by atoms with E-state index in [2.05, 4.69) is 32.8 Å². The molecule has 0 N–H and O–H groups in total. The number of hydrogen-bond acceptors (Lipinski definition) is 6. The van der Waals surface area contributed by atoms with Crippen molar-refractivity contribution >= 4 is 11.6 Å². The van der Waals surface area contributed by atoms with Gasteiger partial charge in [0, 0.05) is 38.7 Å². The molecule has 4 rings (SSSR count). The van der Waals surface area contributed by atoms with Crippen molar-refractivity contribution in [1.82, 2.24) is 9.97 Å². The van der Waals surface area contributed by atoms with Gasteiger partial charge in [0.25, 0.3) is 0 Å². The van der Waals surface area contributed by atoms with E-state index >= 15 is 0 Å². The van der Waals surface area contributed by atoms with Gasteiger partial charge in [-0.25, -0.2) is 9.97 Å². The molecule has 3 aliphatic heterocycles. The quantitative estimate of drug-likeness (QED) is 0.827. The smallest absolute Gasteiger partial charge is 0.134 e. The van der Waals surface area contributed by atoms with Crippen LogP contribution in [0.2, 0.25) is 0 Å². The Morgan fingerprint density at radius 2 is 2.04 bits per heavy atom. The van der Waals surface area contributed by atoms with Crippen LogP contribution in [0.4, 0.5) is 11.6 Å². The largest absolute Gasteiger partial charge is 0.378 e. The van der Waals surface area contributed by atoms with Crippen molar-refractivity contribution in [2.24, 2.45) is 5.92 Å². The number of piperidine rings is 1. The molecule has 6 nitrogen and oxygen atoms in total. The lowest BCUT2D eigenvalue weighted by Gasteiger charge is -2.40. The van der Waals surface area contributed by atoms with E-state index in [9.17, 15) is 0 Å². The Morgan fingerprint density at radius 1 is 1.17 bits per heavy atom. The van der Waals surface area contributed by atoms with Crippen LogP contribution < -0.4 is 9.80 Å². The first kappa shape index (κ1) is 15.1. The van der Waals surface area contributed by atoms with Gasteiger partial charge in [0.05, 0.1) is 19.8 Å². The zero-order chi connectivity index (χ0) is 15.7. The molecule has 0 bridgehead atoms. The minimum absolute atomic E-state index is 0.136. The molecule has 23 heavy (non-hydrogen) atoms. The summed E-state index contributed by atoms with van der Waals surface area (Å²) in [5.74, 6) is 2.82. The molecule has 0 aliphatic carbocycles. The summed E-state index contributed by atoms with van der Waals surface area (Å²) in [6.45, 7) is 8.50. The first-order valence-electron chi connectivity index (χ1n) is 8.78. The van der Waals surface area contributed by atoms with E-state index in [1.165, 1.54) is 12.8 Å². The molecule has 2 atom stereocenters. The third-order valence-corrected chi connectivity index (χ3v) is 5.26. The Kier molecular flexibility index (Phi) is 4.11. The van der Waals surface area contributed by atoms with E-state index < -0.39 is 0 Å². The first-order valence-corrected chi connectivity index (χ1v) is 8.78. The van der Waals surface area contributed by atoms with E-state index in [-0.39, 0.29) is 5.60 Å². The molecular weight excluding hydrogens is 292 g/mol. The molecule has 1 aromatic rings. The Labute approximate surface area is 137 Å². The molecule has 2 unspecified atom stereocenters. The summed E-state index contributed by atoms with van der Waals surface area (Å²) in [6.07, 6.45) is 5.25. The Bertz CT molecular complexity index is 547. The van der Waals surface area contributed by atoms with Crippen molar-refractivity contribution in [3.8, 4) is 0 Å². The van der Waals surface area contributed by atoms with Gasteiger partial charge >= 0.3 is 0 Å². The summed E-state index contributed by atoms with van der Waals surface area (Å²) in [4.78, 5) is 13.8. The van der Waals surface area contributed by atoms with E-state index in [1.807, 2.05) is 0 Å². The Hall–Kier alpha value is -1.40. The minimum Gasteiger partial charge on any atom is -0.378 e. The fourth-order valence-electron chi connectivity index (χ4n) is 3.95. The highest BCUT2D eigenvalue weighted by molar-refractivity contribution is 5.51. The van der Waals surface area contributed by atoms with Crippen LogP contribution in [0.25, 0.3) is 0 Å². The molecule has 0 saturated carbocycles. The van der Waals surface area contributed by atoms with Crippen molar-refractivity contribution < 1.29 is 9.47 Å². The predicted molar refractivity (Wildman–Crippen MR) is 89.0 cm³/mol. The molecule has 1 aromatic heterocycles. The summed E-state index contributed by atoms with van der Waals surface area (Å²) < 4.78 is 11.6. The highest BCUT2D eigenvalue weighted by Gasteiger charge is 2.40. The normalized spacial score (nSPS) is 31.8. The van der Waals surface area contributed by atoms with Crippen LogP contribution in [0, 0.1) is 5.92 Å². The second kappa shape index (κ2) is 6.24. The van der Waals surface area contributed by atoms with Crippen LogP contribution in [-0.4, -0.2) is 61.6 Å².